The second-order valence-corrected chi connectivity index (χ2v) is 7.21. The van der Waals surface area contributed by atoms with Gasteiger partial charge in [0.1, 0.15) is 0 Å². The fourth-order valence-corrected chi connectivity index (χ4v) is 4.04. The summed E-state index contributed by atoms with van der Waals surface area (Å²) >= 11 is 8.88. The highest BCUT2D eigenvalue weighted by atomic mass is 35.5. The molecule has 7 heteroatoms. The van der Waals surface area contributed by atoms with Crippen molar-refractivity contribution in [1.82, 2.24) is 9.88 Å². The molecule has 0 unspecified atom stereocenters. The molecule has 0 spiro atoms. The summed E-state index contributed by atoms with van der Waals surface area (Å²) in [6, 6.07) is 3.57. The van der Waals surface area contributed by atoms with Gasteiger partial charge in [0.25, 0.3) is 5.91 Å². The molecule has 0 aromatic carbocycles. The summed E-state index contributed by atoms with van der Waals surface area (Å²) in [6.45, 7) is 5.12. The molecule has 0 radical (unpaired) electrons. The maximum absolute atomic E-state index is 12.3. The van der Waals surface area contributed by atoms with Crippen molar-refractivity contribution in [1.29, 1.82) is 0 Å². The van der Waals surface area contributed by atoms with Gasteiger partial charge in [-0.15, -0.1) is 22.7 Å². The Hall–Kier alpha value is -1.11. The van der Waals surface area contributed by atoms with Gasteiger partial charge in [0.05, 0.1) is 14.9 Å². The second-order valence-electron chi connectivity index (χ2n) is 4.65. The van der Waals surface area contributed by atoms with Crippen molar-refractivity contribution in [2.75, 3.05) is 31.1 Å². The zero-order valence-electron chi connectivity index (χ0n) is 11.0. The quantitative estimate of drug-likeness (QED) is 0.850. The molecule has 4 nitrogen and oxygen atoms in total. The topological polar surface area (TPSA) is 36.4 Å². The van der Waals surface area contributed by atoms with Crippen LogP contribution in [0.1, 0.15) is 15.4 Å². The maximum atomic E-state index is 12.3. The van der Waals surface area contributed by atoms with Crippen LogP contribution in [0.15, 0.2) is 17.5 Å². The van der Waals surface area contributed by atoms with Crippen LogP contribution < -0.4 is 4.90 Å². The molecule has 20 heavy (non-hydrogen) atoms. The molecule has 106 valence electrons. The lowest BCUT2D eigenvalue weighted by Gasteiger charge is -2.34. The van der Waals surface area contributed by atoms with Gasteiger partial charge in [0.2, 0.25) is 0 Å². The molecule has 1 saturated heterocycles. The van der Waals surface area contributed by atoms with Crippen molar-refractivity contribution in [3.05, 3.63) is 32.4 Å². The number of anilines is 1. The number of hydrogen-bond donors (Lipinski definition) is 0. The summed E-state index contributed by atoms with van der Waals surface area (Å²) < 4.78 is 0.658. The average molecular weight is 328 g/mol. The Bertz CT molecular complexity index is 617. The molecule has 0 saturated carbocycles. The summed E-state index contributed by atoms with van der Waals surface area (Å²) in [7, 11) is 0. The Morgan fingerprint density at radius 3 is 2.60 bits per heavy atom. The van der Waals surface area contributed by atoms with E-state index in [4.69, 9.17) is 11.6 Å². The molecule has 3 rings (SSSR count). The Balaban J connectivity index is 1.62. The highest BCUT2D eigenvalue weighted by Gasteiger charge is 2.24. The summed E-state index contributed by atoms with van der Waals surface area (Å²) in [6.07, 6.45) is 0. The summed E-state index contributed by atoms with van der Waals surface area (Å²) in [5.74, 6) is 0.0804. The van der Waals surface area contributed by atoms with Gasteiger partial charge in [-0.2, -0.15) is 0 Å². The first-order valence-electron chi connectivity index (χ1n) is 6.35. The third kappa shape index (κ3) is 2.82. The number of halogens is 1. The van der Waals surface area contributed by atoms with E-state index in [-0.39, 0.29) is 5.91 Å². The minimum Gasteiger partial charge on any atom is -0.345 e. The van der Waals surface area contributed by atoms with Crippen LogP contribution in [-0.2, 0) is 0 Å². The van der Waals surface area contributed by atoms with E-state index in [1.165, 1.54) is 11.3 Å². The molecule has 0 atom stereocenters. The molecule has 0 N–H and O–H groups in total. The van der Waals surface area contributed by atoms with E-state index in [2.05, 4.69) is 15.3 Å². The van der Waals surface area contributed by atoms with Gasteiger partial charge >= 0.3 is 0 Å². The number of hydrogen-bond acceptors (Lipinski definition) is 5. The van der Waals surface area contributed by atoms with Crippen molar-refractivity contribution in [2.45, 2.75) is 6.92 Å². The number of carbonyl (C=O) groups excluding carboxylic acids is 1. The van der Waals surface area contributed by atoms with Gasteiger partial charge in [-0.05, 0) is 19.1 Å². The first-order valence-corrected chi connectivity index (χ1v) is 8.42. The SMILES string of the molecule is Cc1csc(N2CCN(C(=O)c3ccc(Cl)s3)CC2)n1. The van der Waals surface area contributed by atoms with Crippen LogP contribution in [0.2, 0.25) is 4.34 Å². The largest absolute Gasteiger partial charge is 0.345 e. The molecule has 0 aliphatic carbocycles. The van der Waals surface area contributed by atoms with Crippen LogP contribution in [0, 0.1) is 6.92 Å². The maximum Gasteiger partial charge on any atom is 0.264 e. The van der Waals surface area contributed by atoms with Crippen LogP contribution in [0.25, 0.3) is 0 Å². The first kappa shape index (κ1) is 13.9. The van der Waals surface area contributed by atoms with Gasteiger partial charge in [0.15, 0.2) is 5.13 Å². The smallest absolute Gasteiger partial charge is 0.264 e. The molecule has 1 aliphatic heterocycles. The fraction of sp³-hybridized carbons (Fsp3) is 0.385. The van der Waals surface area contributed by atoms with Gasteiger partial charge < -0.3 is 9.80 Å². The standard InChI is InChI=1S/C13H14ClN3OS2/c1-9-8-19-13(15-9)17-6-4-16(5-7-17)12(18)10-2-3-11(14)20-10/h2-3,8H,4-7H2,1H3. The first-order chi connectivity index (χ1) is 9.63. The molecular formula is C13H14ClN3OS2. The van der Waals surface area contributed by atoms with E-state index in [9.17, 15) is 4.79 Å². The second kappa shape index (κ2) is 5.71. The molecule has 1 aliphatic rings. The predicted octanol–water partition coefficient (Wildman–Crippen LogP) is 3.13. The summed E-state index contributed by atoms with van der Waals surface area (Å²) in [5, 5.41) is 3.11. The van der Waals surface area contributed by atoms with E-state index in [1.54, 1.807) is 23.5 Å². The van der Waals surface area contributed by atoms with Crippen molar-refractivity contribution >= 4 is 45.3 Å². The highest BCUT2D eigenvalue weighted by molar-refractivity contribution is 7.18. The molecule has 1 amide bonds. The number of thiophene rings is 1. The van der Waals surface area contributed by atoms with Gasteiger partial charge in [-0.25, -0.2) is 4.98 Å². The van der Waals surface area contributed by atoms with Gasteiger partial charge in [-0.1, -0.05) is 11.6 Å². The van der Waals surface area contributed by atoms with Crippen molar-refractivity contribution in [3.8, 4) is 0 Å². The monoisotopic (exact) mass is 327 g/mol. The molecule has 2 aromatic heterocycles. The zero-order valence-corrected chi connectivity index (χ0v) is 13.4. The van der Waals surface area contributed by atoms with E-state index in [0.717, 1.165) is 37.0 Å². The summed E-state index contributed by atoms with van der Waals surface area (Å²) in [5.41, 5.74) is 1.05. The van der Waals surface area contributed by atoms with E-state index in [0.29, 0.717) is 9.21 Å². The predicted molar refractivity (Wildman–Crippen MR) is 84.3 cm³/mol. The normalized spacial score (nSPS) is 15.7. The highest BCUT2D eigenvalue weighted by Crippen LogP contribution is 2.25. The van der Waals surface area contributed by atoms with Crippen LogP contribution >= 0.6 is 34.3 Å². The number of aromatic nitrogens is 1. The van der Waals surface area contributed by atoms with Gasteiger partial charge in [0, 0.05) is 31.6 Å². The number of rotatable bonds is 2. The number of nitrogens with zero attached hydrogens (tertiary/aromatic N) is 3. The van der Waals surface area contributed by atoms with Crippen LogP contribution in [-0.4, -0.2) is 42.0 Å². The van der Waals surface area contributed by atoms with E-state index >= 15 is 0 Å². The molecule has 3 heterocycles. The minimum atomic E-state index is 0.0804. The minimum absolute atomic E-state index is 0.0804. The lowest BCUT2D eigenvalue weighted by molar-refractivity contribution is 0.0751. The van der Waals surface area contributed by atoms with Gasteiger partial charge in [-0.3, -0.25) is 4.79 Å². The average Bonchev–Trinajstić information content (AvgIpc) is 3.07. The third-order valence-electron chi connectivity index (χ3n) is 3.23. The number of piperazine rings is 1. The molecule has 1 fully saturated rings. The zero-order chi connectivity index (χ0) is 14.1. The number of thiazole rings is 1. The lowest BCUT2D eigenvalue weighted by atomic mass is 10.3. The summed E-state index contributed by atoms with van der Waals surface area (Å²) in [4.78, 5) is 21.6. The Kier molecular flexibility index (Phi) is 3.96. The van der Waals surface area contributed by atoms with Crippen molar-refractivity contribution in [2.24, 2.45) is 0 Å². The number of carbonyl (C=O) groups is 1. The van der Waals surface area contributed by atoms with Crippen LogP contribution in [0.4, 0.5) is 5.13 Å². The Morgan fingerprint density at radius 1 is 1.30 bits per heavy atom. The van der Waals surface area contributed by atoms with Crippen molar-refractivity contribution < 1.29 is 4.79 Å². The third-order valence-corrected chi connectivity index (χ3v) is 5.47. The fourth-order valence-electron chi connectivity index (χ4n) is 2.17. The van der Waals surface area contributed by atoms with Crippen LogP contribution in [0.5, 0.6) is 0 Å². The number of amides is 1. The Morgan fingerprint density at radius 2 is 2.05 bits per heavy atom. The molecular weight excluding hydrogens is 314 g/mol. The number of aryl methyl sites for hydroxylation is 1. The molecule has 2 aromatic rings. The van der Waals surface area contributed by atoms with E-state index < -0.39 is 0 Å². The van der Waals surface area contributed by atoms with Crippen LogP contribution in [0.3, 0.4) is 0 Å². The molecule has 0 bridgehead atoms. The lowest BCUT2D eigenvalue weighted by Crippen LogP contribution is -2.48. The Labute approximate surface area is 130 Å². The van der Waals surface area contributed by atoms with E-state index in [1.807, 2.05) is 11.8 Å². The van der Waals surface area contributed by atoms with Crippen molar-refractivity contribution in [3.63, 3.8) is 0 Å².